The van der Waals surface area contributed by atoms with Gasteiger partial charge in [-0.05, 0) is 47.9 Å². The molecule has 0 radical (unpaired) electrons. The second kappa shape index (κ2) is 5.14. The van der Waals surface area contributed by atoms with Crippen molar-refractivity contribution in [2.75, 3.05) is 19.6 Å². The average molecular weight is 273 g/mol. The number of rotatable bonds is 3. The van der Waals surface area contributed by atoms with Gasteiger partial charge >= 0.3 is 0 Å². The fourth-order valence-electron chi connectivity index (χ4n) is 2.20. The Morgan fingerprint density at radius 1 is 1.40 bits per heavy atom. The van der Waals surface area contributed by atoms with Crippen LogP contribution >= 0.6 is 15.9 Å². The molecule has 15 heavy (non-hydrogen) atoms. The van der Waals surface area contributed by atoms with Gasteiger partial charge in [0.05, 0.1) is 16.8 Å². The smallest absolute Gasteiger partial charge is 0.136 e. The summed E-state index contributed by atoms with van der Waals surface area (Å²) in [5, 5.41) is 0. The zero-order valence-corrected chi connectivity index (χ0v) is 10.4. The van der Waals surface area contributed by atoms with Gasteiger partial charge in [0.25, 0.3) is 0 Å². The lowest BCUT2D eigenvalue weighted by Crippen LogP contribution is -2.37. The third-order valence-electron chi connectivity index (χ3n) is 3.00. The summed E-state index contributed by atoms with van der Waals surface area (Å²) < 4.78 is 6.53. The highest BCUT2D eigenvalue weighted by molar-refractivity contribution is 9.10. The molecule has 0 saturated carbocycles. The van der Waals surface area contributed by atoms with E-state index >= 15 is 0 Å². The van der Waals surface area contributed by atoms with Crippen molar-refractivity contribution in [3.8, 4) is 0 Å². The number of furan rings is 1. The molecule has 84 valence electrons. The van der Waals surface area contributed by atoms with Crippen LogP contribution in [0.1, 0.15) is 31.1 Å². The lowest BCUT2D eigenvalue weighted by molar-refractivity contribution is 0.149. The van der Waals surface area contributed by atoms with Gasteiger partial charge in [-0.1, -0.05) is 6.42 Å². The predicted octanol–water partition coefficient (Wildman–Crippen LogP) is 2.53. The van der Waals surface area contributed by atoms with Crippen molar-refractivity contribution in [1.29, 1.82) is 0 Å². The van der Waals surface area contributed by atoms with Crippen LogP contribution in [0.3, 0.4) is 0 Å². The normalized spacial score (nSPS) is 20.4. The third-order valence-corrected chi connectivity index (χ3v) is 3.66. The standard InChI is InChI=1S/C11H17BrN2O/c12-9-4-7-15-11(9)10(8-13)14-5-2-1-3-6-14/h4,7,10H,1-3,5-6,8,13H2. The lowest BCUT2D eigenvalue weighted by Gasteiger charge is -2.32. The van der Waals surface area contributed by atoms with Crippen molar-refractivity contribution in [1.82, 2.24) is 4.90 Å². The minimum Gasteiger partial charge on any atom is -0.466 e. The third kappa shape index (κ3) is 2.44. The van der Waals surface area contributed by atoms with Gasteiger partial charge in [-0.3, -0.25) is 4.90 Å². The van der Waals surface area contributed by atoms with E-state index in [0.29, 0.717) is 6.54 Å². The van der Waals surface area contributed by atoms with Crippen LogP contribution in [0.15, 0.2) is 21.2 Å². The van der Waals surface area contributed by atoms with Crippen molar-refractivity contribution >= 4 is 15.9 Å². The molecule has 1 aliphatic rings. The van der Waals surface area contributed by atoms with Crippen LogP contribution in [0.5, 0.6) is 0 Å². The molecule has 1 aromatic rings. The van der Waals surface area contributed by atoms with Crippen molar-refractivity contribution in [2.45, 2.75) is 25.3 Å². The minimum atomic E-state index is 0.231. The highest BCUT2D eigenvalue weighted by Crippen LogP contribution is 2.29. The monoisotopic (exact) mass is 272 g/mol. The summed E-state index contributed by atoms with van der Waals surface area (Å²) in [5.74, 6) is 0.972. The van der Waals surface area contributed by atoms with Gasteiger partial charge in [-0.2, -0.15) is 0 Å². The molecule has 0 spiro atoms. The van der Waals surface area contributed by atoms with Crippen LogP contribution in [0.2, 0.25) is 0 Å². The number of nitrogens with zero attached hydrogens (tertiary/aromatic N) is 1. The number of piperidine rings is 1. The lowest BCUT2D eigenvalue weighted by atomic mass is 10.1. The van der Waals surface area contributed by atoms with Crippen molar-refractivity contribution < 1.29 is 4.42 Å². The fourth-order valence-corrected chi connectivity index (χ4v) is 2.66. The van der Waals surface area contributed by atoms with Gasteiger partial charge < -0.3 is 10.2 Å². The van der Waals surface area contributed by atoms with E-state index in [9.17, 15) is 0 Å². The minimum absolute atomic E-state index is 0.231. The highest BCUT2D eigenvalue weighted by atomic mass is 79.9. The van der Waals surface area contributed by atoms with E-state index in [1.165, 1.54) is 19.3 Å². The first kappa shape index (κ1) is 11.2. The topological polar surface area (TPSA) is 42.4 Å². The van der Waals surface area contributed by atoms with Crippen molar-refractivity contribution in [3.05, 3.63) is 22.6 Å². The van der Waals surface area contributed by atoms with E-state index in [2.05, 4.69) is 20.8 Å². The molecule has 1 aromatic heterocycles. The maximum absolute atomic E-state index is 5.84. The molecular formula is C11H17BrN2O. The van der Waals surface area contributed by atoms with Gasteiger partial charge in [-0.15, -0.1) is 0 Å². The van der Waals surface area contributed by atoms with E-state index < -0.39 is 0 Å². The first-order chi connectivity index (χ1) is 7.33. The molecule has 1 aliphatic heterocycles. The largest absolute Gasteiger partial charge is 0.466 e. The summed E-state index contributed by atoms with van der Waals surface area (Å²) in [6.45, 7) is 2.89. The van der Waals surface area contributed by atoms with E-state index in [-0.39, 0.29) is 6.04 Å². The second-order valence-electron chi connectivity index (χ2n) is 3.98. The molecule has 2 N–H and O–H groups in total. The van der Waals surface area contributed by atoms with Gasteiger partial charge in [0, 0.05) is 6.54 Å². The Hall–Kier alpha value is -0.320. The van der Waals surface area contributed by atoms with E-state index in [4.69, 9.17) is 10.2 Å². The Morgan fingerprint density at radius 3 is 2.67 bits per heavy atom. The van der Waals surface area contributed by atoms with Crippen molar-refractivity contribution in [2.24, 2.45) is 5.73 Å². The molecule has 1 atom stereocenters. The van der Waals surface area contributed by atoms with E-state index in [0.717, 1.165) is 23.3 Å². The fraction of sp³-hybridized carbons (Fsp3) is 0.636. The summed E-state index contributed by atoms with van der Waals surface area (Å²) in [4.78, 5) is 2.42. The van der Waals surface area contributed by atoms with Gasteiger partial charge in [-0.25, -0.2) is 0 Å². The Balaban J connectivity index is 2.12. The maximum atomic E-state index is 5.84. The number of hydrogen-bond donors (Lipinski definition) is 1. The van der Waals surface area contributed by atoms with Gasteiger partial charge in [0.15, 0.2) is 0 Å². The number of hydrogen-bond acceptors (Lipinski definition) is 3. The molecule has 4 heteroatoms. The first-order valence-electron chi connectivity index (χ1n) is 5.50. The highest BCUT2D eigenvalue weighted by Gasteiger charge is 2.24. The van der Waals surface area contributed by atoms with Crippen LogP contribution in [0, 0.1) is 0 Å². The molecule has 2 rings (SSSR count). The van der Waals surface area contributed by atoms with Crippen LogP contribution in [0.25, 0.3) is 0 Å². The molecule has 0 aliphatic carbocycles. The molecule has 1 saturated heterocycles. The summed E-state index contributed by atoms with van der Waals surface area (Å²) in [6.07, 6.45) is 5.60. The molecule has 2 heterocycles. The maximum Gasteiger partial charge on any atom is 0.136 e. The average Bonchev–Trinajstić information content (AvgIpc) is 2.68. The number of nitrogens with two attached hydrogens (primary N) is 1. The zero-order chi connectivity index (χ0) is 10.7. The predicted molar refractivity (Wildman–Crippen MR) is 63.6 cm³/mol. The number of likely N-dealkylation sites (tertiary alicyclic amines) is 1. The van der Waals surface area contributed by atoms with Crippen LogP contribution < -0.4 is 5.73 Å². The molecule has 0 aromatic carbocycles. The molecule has 0 bridgehead atoms. The Morgan fingerprint density at radius 2 is 2.13 bits per heavy atom. The van der Waals surface area contributed by atoms with Crippen LogP contribution in [-0.4, -0.2) is 24.5 Å². The molecule has 3 nitrogen and oxygen atoms in total. The molecule has 1 unspecified atom stereocenters. The van der Waals surface area contributed by atoms with Crippen LogP contribution in [0.4, 0.5) is 0 Å². The summed E-state index contributed by atoms with van der Waals surface area (Å²) in [6, 6.07) is 2.16. The number of halogens is 1. The first-order valence-corrected chi connectivity index (χ1v) is 6.29. The Bertz CT molecular complexity index is 307. The quantitative estimate of drug-likeness (QED) is 0.920. The van der Waals surface area contributed by atoms with Gasteiger partial charge in [0.2, 0.25) is 0 Å². The Labute approximate surface area is 98.7 Å². The van der Waals surface area contributed by atoms with Crippen molar-refractivity contribution in [3.63, 3.8) is 0 Å². The summed E-state index contributed by atoms with van der Waals surface area (Å²) in [5.41, 5.74) is 5.84. The molecule has 0 amide bonds. The molecular weight excluding hydrogens is 256 g/mol. The van der Waals surface area contributed by atoms with Gasteiger partial charge in [0.1, 0.15) is 5.76 Å². The zero-order valence-electron chi connectivity index (χ0n) is 8.79. The summed E-state index contributed by atoms with van der Waals surface area (Å²) >= 11 is 3.50. The second-order valence-corrected chi connectivity index (χ2v) is 4.84. The van der Waals surface area contributed by atoms with E-state index in [1.54, 1.807) is 6.26 Å². The molecule has 1 fully saturated rings. The van der Waals surface area contributed by atoms with E-state index in [1.807, 2.05) is 6.07 Å². The SMILES string of the molecule is NCC(c1occc1Br)N1CCCCC1. The Kier molecular flexibility index (Phi) is 3.83. The van der Waals surface area contributed by atoms with Crippen LogP contribution in [-0.2, 0) is 0 Å². The summed E-state index contributed by atoms with van der Waals surface area (Å²) in [7, 11) is 0.